The largest absolute Gasteiger partial charge is 0.465 e. The highest BCUT2D eigenvalue weighted by molar-refractivity contribution is 5.65. The Bertz CT molecular complexity index is 277. The van der Waals surface area contributed by atoms with Crippen molar-refractivity contribution in [3.05, 3.63) is 0 Å². The standard InChI is InChI=1S/C10H16N2O3/c1-10(8(13)2-5-11)3-6-12(7-4-10)9(14)15/h8,13H,2-4,6-7H2,1H3,(H,14,15). The van der Waals surface area contributed by atoms with Gasteiger partial charge in [0.1, 0.15) is 0 Å². The van der Waals surface area contributed by atoms with E-state index in [4.69, 9.17) is 10.4 Å². The Kier molecular flexibility index (Phi) is 3.53. The van der Waals surface area contributed by atoms with Crippen LogP contribution in [-0.4, -0.2) is 40.4 Å². The molecule has 0 bridgehead atoms. The summed E-state index contributed by atoms with van der Waals surface area (Å²) in [6.45, 7) is 2.79. The van der Waals surface area contributed by atoms with Crippen molar-refractivity contribution >= 4 is 6.09 Å². The number of rotatable bonds is 2. The van der Waals surface area contributed by atoms with Gasteiger partial charge >= 0.3 is 6.09 Å². The molecular formula is C10H16N2O3. The maximum Gasteiger partial charge on any atom is 0.407 e. The van der Waals surface area contributed by atoms with Crippen LogP contribution in [0.4, 0.5) is 4.79 Å². The van der Waals surface area contributed by atoms with E-state index in [-0.39, 0.29) is 11.8 Å². The maximum atomic E-state index is 10.7. The zero-order valence-electron chi connectivity index (χ0n) is 8.81. The fourth-order valence-electron chi connectivity index (χ4n) is 1.87. The summed E-state index contributed by atoms with van der Waals surface area (Å²) in [6.07, 6.45) is -0.223. The molecule has 1 saturated heterocycles. The fraction of sp³-hybridized carbons (Fsp3) is 0.800. The number of carboxylic acid groups (broad SMARTS) is 1. The lowest BCUT2D eigenvalue weighted by atomic mass is 9.75. The third kappa shape index (κ3) is 2.60. The Labute approximate surface area is 88.9 Å². The number of aliphatic hydroxyl groups is 1. The van der Waals surface area contributed by atoms with Gasteiger partial charge in [-0.25, -0.2) is 4.79 Å². The molecule has 0 saturated carbocycles. The van der Waals surface area contributed by atoms with Crippen molar-refractivity contribution < 1.29 is 15.0 Å². The van der Waals surface area contributed by atoms with Crippen LogP contribution in [0.1, 0.15) is 26.2 Å². The predicted molar refractivity (Wildman–Crippen MR) is 53.2 cm³/mol. The molecule has 1 heterocycles. The van der Waals surface area contributed by atoms with Crippen molar-refractivity contribution in [3.63, 3.8) is 0 Å². The summed E-state index contributed by atoms with van der Waals surface area (Å²) < 4.78 is 0. The number of likely N-dealkylation sites (tertiary alicyclic amines) is 1. The number of carbonyl (C=O) groups is 1. The number of amides is 1. The van der Waals surface area contributed by atoms with Gasteiger partial charge in [-0.15, -0.1) is 0 Å². The van der Waals surface area contributed by atoms with Gasteiger partial charge in [0.2, 0.25) is 0 Å². The Morgan fingerprint density at radius 2 is 2.13 bits per heavy atom. The summed E-state index contributed by atoms with van der Waals surface area (Å²) in [7, 11) is 0. The number of hydrogen-bond donors (Lipinski definition) is 2. The van der Waals surface area contributed by atoms with Gasteiger partial charge in [-0.05, 0) is 18.3 Å². The van der Waals surface area contributed by atoms with Crippen molar-refractivity contribution in [2.45, 2.75) is 32.3 Å². The minimum atomic E-state index is -0.910. The number of hydrogen-bond acceptors (Lipinski definition) is 3. The van der Waals surface area contributed by atoms with Crippen molar-refractivity contribution in [2.24, 2.45) is 5.41 Å². The fourth-order valence-corrected chi connectivity index (χ4v) is 1.87. The van der Waals surface area contributed by atoms with E-state index in [0.717, 1.165) is 0 Å². The Morgan fingerprint density at radius 1 is 1.60 bits per heavy atom. The van der Waals surface area contributed by atoms with Gasteiger partial charge in [-0.1, -0.05) is 6.92 Å². The van der Waals surface area contributed by atoms with E-state index < -0.39 is 12.2 Å². The minimum absolute atomic E-state index is 0.115. The smallest absolute Gasteiger partial charge is 0.407 e. The second kappa shape index (κ2) is 4.49. The van der Waals surface area contributed by atoms with Crippen LogP contribution in [0.25, 0.3) is 0 Å². The highest BCUT2D eigenvalue weighted by Crippen LogP contribution is 2.35. The maximum absolute atomic E-state index is 10.7. The molecule has 0 aromatic rings. The summed E-state index contributed by atoms with van der Waals surface area (Å²) in [6, 6.07) is 1.94. The summed E-state index contributed by atoms with van der Waals surface area (Å²) >= 11 is 0. The van der Waals surface area contributed by atoms with Crippen molar-refractivity contribution in [1.29, 1.82) is 5.26 Å². The zero-order chi connectivity index (χ0) is 11.5. The molecule has 5 heteroatoms. The van der Waals surface area contributed by atoms with Gasteiger partial charge in [0, 0.05) is 13.1 Å². The zero-order valence-corrected chi connectivity index (χ0v) is 8.81. The molecule has 1 fully saturated rings. The van der Waals surface area contributed by atoms with Gasteiger partial charge in [0.15, 0.2) is 0 Å². The van der Waals surface area contributed by atoms with Gasteiger partial charge in [-0.3, -0.25) is 0 Å². The average Bonchev–Trinajstić information content (AvgIpc) is 2.18. The van der Waals surface area contributed by atoms with Crippen LogP contribution in [0.2, 0.25) is 0 Å². The number of nitrogens with zero attached hydrogens (tertiary/aromatic N) is 2. The van der Waals surface area contributed by atoms with Crippen LogP contribution >= 0.6 is 0 Å². The number of piperidine rings is 1. The van der Waals surface area contributed by atoms with Gasteiger partial charge in [0.25, 0.3) is 0 Å². The molecule has 84 valence electrons. The van der Waals surface area contributed by atoms with Crippen molar-refractivity contribution in [3.8, 4) is 6.07 Å². The number of aliphatic hydroxyl groups excluding tert-OH is 1. The second-order valence-electron chi connectivity index (χ2n) is 4.30. The molecule has 1 aliphatic rings. The molecule has 1 rings (SSSR count). The molecule has 1 amide bonds. The highest BCUT2D eigenvalue weighted by Gasteiger charge is 2.37. The average molecular weight is 212 g/mol. The lowest BCUT2D eigenvalue weighted by Gasteiger charge is -2.40. The molecule has 15 heavy (non-hydrogen) atoms. The highest BCUT2D eigenvalue weighted by atomic mass is 16.4. The van der Waals surface area contributed by atoms with Gasteiger partial charge in [-0.2, -0.15) is 5.26 Å². The van der Waals surface area contributed by atoms with Crippen LogP contribution in [0, 0.1) is 16.7 Å². The van der Waals surface area contributed by atoms with E-state index in [1.165, 1.54) is 4.90 Å². The monoisotopic (exact) mass is 212 g/mol. The van der Waals surface area contributed by atoms with Crippen molar-refractivity contribution in [2.75, 3.05) is 13.1 Å². The van der Waals surface area contributed by atoms with E-state index in [1.54, 1.807) is 0 Å². The Hall–Kier alpha value is -1.28. The quantitative estimate of drug-likeness (QED) is 0.716. The Morgan fingerprint density at radius 3 is 2.53 bits per heavy atom. The molecule has 0 aliphatic carbocycles. The van der Waals surface area contributed by atoms with Crippen LogP contribution in [0.5, 0.6) is 0 Å². The SMILES string of the molecule is CC1(C(O)CC#N)CCN(C(=O)O)CC1. The van der Waals surface area contributed by atoms with E-state index in [9.17, 15) is 9.90 Å². The van der Waals surface area contributed by atoms with E-state index in [1.807, 2.05) is 13.0 Å². The summed E-state index contributed by atoms with van der Waals surface area (Å²) in [5, 5.41) is 27.0. The molecule has 2 N–H and O–H groups in total. The molecule has 5 nitrogen and oxygen atoms in total. The third-order valence-corrected chi connectivity index (χ3v) is 3.27. The molecular weight excluding hydrogens is 196 g/mol. The van der Waals surface area contributed by atoms with Crippen LogP contribution in [0.15, 0.2) is 0 Å². The molecule has 1 unspecified atom stereocenters. The summed E-state index contributed by atoms with van der Waals surface area (Å²) in [5.41, 5.74) is -0.318. The first kappa shape index (κ1) is 11.8. The normalized spacial score (nSPS) is 21.8. The molecule has 1 atom stereocenters. The minimum Gasteiger partial charge on any atom is -0.465 e. The third-order valence-electron chi connectivity index (χ3n) is 3.27. The molecule has 0 spiro atoms. The number of nitriles is 1. The molecule has 0 aromatic heterocycles. The van der Waals surface area contributed by atoms with E-state index in [2.05, 4.69) is 0 Å². The first-order valence-electron chi connectivity index (χ1n) is 5.02. The summed E-state index contributed by atoms with van der Waals surface area (Å²) in [4.78, 5) is 12.0. The Balaban J connectivity index is 2.54. The van der Waals surface area contributed by atoms with Gasteiger partial charge < -0.3 is 15.1 Å². The van der Waals surface area contributed by atoms with E-state index in [0.29, 0.717) is 25.9 Å². The molecule has 1 aliphatic heterocycles. The first-order chi connectivity index (χ1) is 6.99. The lowest BCUT2D eigenvalue weighted by Crippen LogP contribution is -2.46. The second-order valence-corrected chi connectivity index (χ2v) is 4.30. The molecule has 0 radical (unpaired) electrons. The topological polar surface area (TPSA) is 84.6 Å². The predicted octanol–water partition coefficient (Wildman–Crippen LogP) is 1.04. The van der Waals surface area contributed by atoms with Crippen molar-refractivity contribution in [1.82, 2.24) is 4.90 Å². The van der Waals surface area contributed by atoms with Gasteiger partial charge in [0.05, 0.1) is 18.6 Å². The van der Waals surface area contributed by atoms with Crippen LogP contribution < -0.4 is 0 Å². The molecule has 0 aromatic carbocycles. The van der Waals surface area contributed by atoms with Crippen LogP contribution in [-0.2, 0) is 0 Å². The first-order valence-corrected chi connectivity index (χ1v) is 5.02. The lowest BCUT2D eigenvalue weighted by molar-refractivity contribution is -0.00525. The van der Waals surface area contributed by atoms with Crippen LogP contribution in [0.3, 0.4) is 0 Å². The van der Waals surface area contributed by atoms with E-state index >= 15 is 0 Å². The summed E-state index contributed by atoms with van der Waals surface area (Å²) in [5.74, 6) is 0.